The number of halogens is 1. The van der Waals surface area contributed by atoms with E-state index in [0.717, 1.165) is 5.56 Å². The van der Waals surface area contributed by atoms with Crippen LogP contribution in [0.1, 0.15) is 21.9 Å². The van der Waals surface area contributed by atoms with E-state index in [1.165, 1.54) is 12.1 Å². The first-order chi connectivity index (χ1) is 13.6. The number of nitrogens with zero attached hydrogens (tertiary/aromatic N) is 5. The van der Waals surface area contributed by atoms with Gasteiger partial charge in [-0.15, -0.1) is 0 Å². The maximum absolute atomic E-state index is 13.1. The second kappa shape index (κ2) is 7.39. The summed E-state index contributed by atoms with van der Waals surface area (Å²) in [6.07, 6.45) is 5.02. The van der Waals surface area contributed by atoms with Gasteiger partial charge in [-0.25, -0.2) is 9.07 Å². The van der Waals surface area contributed by atoms with E-state index in [9.17, 15) is 9.18 Å². The number of aryl methyl sites for hydroxylation is 1. The van der Waals surface area contributed by atoms with Crippen molar-refractivity contribution < 1.29 is 13.7 Å². The summed E-state index contributed by atoms with van der Waals surface area (Å²) in [6.45, 7) is 2.08. The number of carbonyl (C=O) groups is 1. The summed E-state index contributed by atoms with van der Waals surface area (Å²) in [5.74, 6) is -0.704. The van der Waals surface area contributed by atoms with E-state index in [4.69, 9.17) is 4.52 Å². The van der Waals surface area contributed by atoms with Gasteiger partial charge < -0.3 is 9.84 Å². The molecule has 9 heteroatoms. The fourth-order valence-corrected chi connectivity index (χ4v) is 2.59. The van der Waals surface area contributed by atoms with Crippen LogP contribution in [-0.2, 0) is 6.54 Å². The number of benzene rings is 1. The summed E-state index contributed by atoms with van der Waals surface area (Å²) in [5.41, 5.74) is 2.80. The van der Waals surface area contributed by atoms with Crippen LogP contribution in [0.2, 0.25) is 0 Å². The average molecular weight is 378 g/mol. The second-order valence-corrected chi connectivity index (χ2v) is 6.02. The van der Waals surface area contributed by atoms with Crippen molar-refractivity contribution in [3.05, 3.63) is 78.0 Å². The molecular weight excluding hydrogens is 363 g/mol. The summed E-state index contributed by atoms with van der Waals surface area (Å²) in [4.78, 5) is 20.4. The van der Waals surface area contributed by atoms with Crippen LogP contribution in [0.15, 0.2) is 59.5 Å². The molecule has 1 N–H and O–H groups in total. The molecule has 0 saturated heterocycles. The van der Waals surface area contributed by atoms with Gasteiger partial charge in [-0.2, -0.15) is 10.1 Å². The fourth-order valence-electron chi connectivity index (χ4n) is 2.59. The van der Waals surface area contributed by atoms with Crippen molar-refractivity contribution in [1.82, 2.24) is 30.2 Å². The Kier molecular flexibility index (Phi) is 4.63. The molecule has 8 nitrogen and oxygen atoms in total. The van der Waals surface area contributed by atoms with E-state index in [0.29, 0.717) is 23.5 Å². The predicted molar refractivity (Wildman–Crippen MR) is 97.0 cm³/mol. The highest BCUT2D eigenvalue weighted by atomic mass is 19.1. The molecule has 0 saturated carbocycles. The molecule has 3 aromatic heterocycles. The van der Waals surface area contributed by atoms with E-state index in [2.05, 4.69) is 25.5 Å². The summed E-state index contributed by atoms with van der Waals surface area (Å²) in [7, 11) is 0. The quantitative estimate of drug-likeness (QED) is 0.573. The van der Waals surface area contributed by atoms with Crippen molar-refractivity contribution in [2.24, 2.45) is 0 Å². The zero-order valence-corrected chi connectivity index (χ0v) is 14.8. The molecule has 1 aromatic carbocycles. The molecule has 0 spiro atoms. The molecule has 0 aliphatic rings. The molecule has 0 radical (unpaired) electrons. The molecular formula is C19H15FN6O2. The van der Waals surface area contributed by atoms with Crippen molar-refractivity contribution in [1.29, 1.82) is 0 Å². The van der Waals surface area contributed by atoms with Crippen molar-refractivity contribution in [3.63, 3.8) is 0 Å². The van der Waals surface area contributed by atoms with Crippen molar-refractivity contribution >= 4 is 5.91 Å². The maximum atomic E-state index is 13.1. The minimum absolute atomic E-state index is 0.146. The highest BCUT2D eigenvalue weighted by Crippen LogP contribution is 2.21. The van der Waals surface area contributed by atoms with E-state index < -0.39 is 5.91 Å². The van der Waals surface area contributed by atoms with Crippen LogP contribution in [0.5, 0.6) is 0 Å². The number of nitrogens with one attached hydrogen (secondary N) is 1. The zero-order chi connectivity index (χ0) is 19.5. The van der Waals surface area contributed by atoms with Gasteiger partial charge in [0, 0.05) is 25.1 Å². The Morgan fingerprint density at radius 2 is 2.07 bits per heavy atom. The van der Waals surface area contributed by atoms with Crippen molar-refractivity contribution in [2.45, 2.75) is 13.5 Å². The van der Waals surface area contributed by atoms with Gasteiger partial charge in [-0.1, -0.05) is 11.2 Å². The van der Waals surface area contributed by atoms with Crippen LogP contribution >= 0.6 is 0 Å². The minimum atomic E-state index is -0.480. The molecule has 4 rings (SSSR count). The SMILES string of the molecule is Cc1nn(-c2ccc(F)cc2)cc1-c1noc(C(=O)NCc2cccnc2)n1. The number of amides is 1. The first-order valence-corrected chi connectivity index (χ1v) is 8.43. The summed E-state index contributed by atoms with van der Waals surface area (Å²) >= 11 is 0. The van der Waals surface area contributed by atoms with Gasteiger partial charge in [0.05, 0.1) is 16.9 Å². The molecule has 0 aliphatic heterocycles. The van der Waals surface area contributed by atoms with E-state index >= 15 is 0 Å². The standard InChI is InChI=1S/C19H15FN6O2/c1-12-16(11-26(24-12)15-6-4-14(20)5-7-15)17-23-19(28-25-17)18(27)22-10-13-3-2-8-21-9-13/h2-9,11H,10H2,1H3,(H,22,27). The Labute approximate surface area is 159 Å². The molecule has 0 atom stereocenters. The first kappa shape index (κ1) is 17.5. The first-order valence-electron chi connectivity index (χ1n) is 8.43. The Hall–Kier alpha value is -3.88. The van der Waals surface area contributed by atoms with Crippen molar-refractivity contribution in [3.8, 4) is 17.1 Å². The molecule has 0 bridgehead atoms. The van der Waals surface area contributed by atoms with Gasteiger partial charge >= 0.3 is 11.8 Å². The number of hydrogen-bond acceptors (Lipinski definition) is 6. The zero-order valence-electron chi connectivity index (χ0n) is 14.8. The normalized spacial score (nSPS) is 10.8. The Morgan fingerprint density at radius 1 is 1.25 bits per heavy atom. The van der Waals surface area contributed by atoms with Crippen LogP contribution < -0.4 is 5.32 Å². The third-order valence-electron chi connectivity index (χ3n) is 4.03. The molecule has 140 valence electrons. The lowest BCUT2D eigenvalue weighted by molar-refractivity contribution is 0.0907. The maximum Gasteiger partial charge on any atom is 0.316 e. The van der Waals surface area contributed by atoms with Crippen molar-refractivity contribution in [2.75, 3.05) is 0 Å². The Balaban J connectivity index is 1.51. The number of pyridine rings is 1. The molecule has 4 aromatic rings. The molecule has 0 fully saturated rings. The van der Waals surface area contributed by atoms with Crippen LogP contribution in [0.3, 0.4) is 0 Å². The summed E-state index contributed by atoms with van der Waals surface area (Å²) < 4.78 is 19.8. The van der Waals surface area contributed by atoms with Crippen LogP contribution in [0.4, 0.5) is 4.39 Å². The van der Waals surface area contributed by atoms with Crippen LogP contribution in [0, 0.1) is 12.7 Å². The summed E-state index contributed by atoms with van der Waals surface area (Å²) in [5, 5.41) is 11.0. The van der Waals surface area contributed by atoms with E-state index in [1.807, 2.05) is 6.07 Å². The van der Waals surface area contributed by atoms with E-state index in [1.54, 1.807) is 48.4 Å². The second-order valence-electron chi connectivity index (χ2n) is 6.02. The van der Waals surface area contributed by atoms with Gasteiger partial charge in [-0.05, 0) is 42.8 Å². The number of carbonyl (C=O) groups excluding carboxylic acids is 1. The molecule has 1 amide bonds. The Bertz CT molecular complexity index is 1110. The van der Waals surface area contributed by atoms with E-state index in [-0.39, 0.29) is 17.5 Å². The molecule has 0 unspecified atom stereocenters. The largest absolute Gasteiger partial charge is 0.344 e. The van der Waals surface area contributed by atoms with Gasteiger partial charge in [0.2, 0.25) is 5.82 Å². The van der Waals surface area contributed by atoms with Gasteiger partial charge in [-0.3, -0.25) is 9.78 Å². The Morgan fingerprint density at radius 3 is 2.82 bits per heavy atom. The lowest BCUT2D eigenvalue weighted by Gasteiger charge is -2.00. The molecule has 28 heavy (non-hydrogen) atoms. The smallest absolute Gasteiger partial charge is 0.316 e. The number of hydrogen-bond donors (Lipinski definition) is 1. The minimum Gasteiger partial charge on any atom is -0.344 e. The molecule has 0 aliphatic carbocycles. The van der Waals surface area contributed by atoms with Gasteiger partial charge in [0.15, 0.2) is 0 Å². The topological polar surface area (TPSA) is 98.7 Å². The summed E-state index contributed by atoms with van der Waals surface area (Å²) in [6, 6.07) is 9.56. The fraction of sp³-hybridized carbons (Fsp3) is 0.105. The average Bonchev–Trinajstić information content (AvgIpc) is 3.34. The third-order valence-corrected chi connectivity index (χ3v) is 4.03. The number of rotatable bonds is 5. The lowest BCUT2D eigenvalue weighted by Crippen LogP contribution is -2.23. The van der Waals surface area contributed by atoms with Crippen LogP contribution in [0.25, 0.3) is 17.1 Å². The monoisotopic (exact) mass is 378 g/mol. The van der Waals surface area contributed by atoms with Gasteiger partial charge in [0.25, 0.3) is 0 Å². The predicted octanol–water partition coefficient (Wildman–Crippen LogP) is 2.69. The molecule has 3 heterocycles. The highest BCUT2D eigenvalue weighted by Gasteiger charge is 2.19. The van der Waals surface area contributed by atoms with Crippen LogP contribution in [-0.4, -0.2) is 30.8 Å². The van der Waals surface area contributed by atoms with Gasteiger partial charge in [0.1, 0.15) is 5.82 Å². The highest BCUT2D eigenvalue weighted by molar-refractivity contribution is 5.89. The third kappa shape index (κ3) is 3.63. The lowest BCUT2D eigenvalue weighted by atomic mass is 10.2. The number of aromatic nitrogens is 5.